The summed E-state index contributed by atoms with van der Waals surface area (Å²) in [5.74, 6) is 0.363. The lowest BCUT2D eigenvalue weighted by Crippen LogP contribution is -2.25. The van der Waals surface area contributed by atoms with E-state index in [0.717, 1.165) is 22.4 Å². The molecule has 0 aliphatic rings. The molecule has 0 saturated carbocycles. The van der Waals surface area contributed by atoms with Gasteiger partial charge in [-0.05, 0) is 31.0 Å². The molecule has 3 aromatic rings. The van der Waals surface area contributed by atoms with Crippen LogP contribution in [0.1, 0.15) is 18.1 Å². The minimum absolute atomic E-state index is 0.103. The molecular formula is C23H22N2O2. The zero-order valence-corrected chi connectivity index (χ0v) is 15.5. The highest BCUT2D eigenvalue weighted by atomic mass is 16.5. The number of carbonyl (C=O) groups is 1. The van der Waals surface area contributed by atoms with Gasteiger partial charge in [0.25, 0.3) is 5.91 Å². The van der Waals surface area contributed by atoms with E-state index in [1.807, 2.05) is 92.7 Å². The number of carbonyl (C=O) groups excluding carboxylic acids is 1. The Kier molecular flexibility index (Phi) is 6.00. The van der Waals surface area contributed by atoms with Gasteiger partial charge in [0.1, 0.15) is 5.75 Å². The van der Waals surface area contributed by atoms with Crippen molar-refractivity contribution < 1.29 is 9.53 Å². The van der Waals surface area contributed by atoms with Crippen molar-refractivity contribution in [3.8, 4) is 16.9 Å². The molecule has 0 saturated heterocycles. The molecule has 3 rings (SSSR count). The number of nitrogens with one attached hydrogen (secondary N) is 1. The fourth-order valence-corrected chi connectivity index (χ4v) is 2.63. The second-order valence-corrected chi connectivity index (χ2v) is 6.25. The number of hydrogen-bond donors (Lipinski definition) is 1. The number of nitrogens with zero attached hydrogens (tertiary/aromatic N) is 1. The molecule has 0 aliphatic carbocycles. The number of aryl methyl sites for hydroxylation is 1. The molecule has 0 aromatic heterocycles. The topological polar surface area (TPSA) is 50.7 Å². The number of amides is 1. The first-order valence-corrected chi connectivity index (χ1v) is 8.81. The summed E-state index contributed by atoms with van der Waals surface area (Å²) in [4.78, 5) is 12.1. The second-order valence-electron chi connectivity index (χ2n) is 6.25. The average molecular weight is 358 g/mol. The normalized spacial score (nSPS) is 11.1. The number of rotatable bonds is 6. The molecule has 1 N–H and O–H groups in total. The van der Waals surface area contributed by atoms with Gasteiger partial charge in [0.15, 0.2) is 6.61 Å². The van der Waals surface area contributed by atoms with Gasteiger partial charge in [-0.1, -0.05) is 78.4 Å². The summed E-state index contributed by atoms with van der Waals surface area (Å²) in [5, 5.41) is 4.15. The van der Waals surface area contributed by atoms with E-state index in [4.69, 9.17) is 4.74 Å². The molecule has 0 radical (unpaired) electrons. The summed E-state index contributed by atoms with van der Waals surface area (Å²) in [5.41, 5.74) is 7.44. The maximum atomic E-state index is 12.1. The largest absolute Gasteiger partial charge is 0.483 e. The highest BCUT2D eigenvalue weighted by Crippen LogP contribution is 2.29. The van der Waals surface area contributed by atoms with E-state index in [2.05, 4.69) is 10.5 Å². The van der Waals surface area contributed by atoms with Gasteiger partial charge in [-0.15, -0.1) is 0 Å². The van der Waals surface area contributed by atoms with E-state index in [1.54, 1.807) is 0 Å². The first-order valence-electron chi connectivity index (χ1n) is 8.81. The lowest BCUT2D eigenvalue weighted by molar-refractivity contribution is -0.123. The van der Waals surface area contributed by atoms with Crippen LogP contribution in [0.4, 0.5) is 0 Å². The first-order chi connectivity index (χ1) is 13.1. The molecule has 0 bridgehead atoms. The van der Waals surface area contributed by atoms with Crippen molar-refractivity contribution in [2.75, 3.05) is 6.61 Å². The van der Waals surface area contributed by atoms with E-state index < -0.39 is 0 Å². The van der Waals surface area contributed by atoms with Gasteiger partial charge in [0.2, 0.25) is 0 Å². The summed E-state index contributed by atoms with van der Waals surface area (Å²) >= 11 is 0. The zero-order valence-electron chi connectivity index (χ0n) is 15.5. The third kappa shape index (κ3) is 5.05. The molecule has 0 fully saturated rings. The van der Waals surface area contributed by atoms with Gasteiger partial charge in [-0.25, -0.2) is 5.43 Å². The highest BCUT2D eigenvalue weighted by Gasteiger charge is 2.08. The average Bonchev–Trinajstić information content (AvgIpc) is 2.72. The van der Waals surface area contributed by atoms with Crippen molar-refractivity contribution in [1.82, 2.24) is 5.43 Å². The third-order valence-corrected chi connectivity index (χ3v) is 4.15. The Morgan fingerprint density at radius 3 is 2.33 bits per heavy atom. The molecule has 0 spiro atoms. The molecule has 0 atom stereocenters. The van der Waals surface area contributed by atoms with Gasteiger partial charge in [0, 0.05) is 5.56 Å². The van der Waals surface area contributed by atoms with Crippen LogP contribution >= 0.6 is 0 Å². The lowest BCUT2D eigenvalue weighted by Gasteiger charge is -2.11. The quantitative estimate of drug-likeness (QED) is 0.518. The van der Waals surface area contributed by atoms with Crippen LogP contribution in [0.5, 0.6) is 5.75 Å². The maximum Gasteiger partial charge on any atom is 0.277 e. The Balaban J connectivity index is 1.61. The minimum Gasteiger partial charge on any atom is -0.483 e. The Hall–Kier alpha value is -3.40. The van der Waals surface area contributed by atoms with Crippen molar-refractivity contribution in [2.24, 2.45) is 5.10 Å². The van der Waals surface area contributed by atoms with E-state index in [1.165, 1.54) is 5.56 Å². The van der Waals surface area contributed by atoms with E-state index in [-0.39, 0.29) is 12.5 Å². The number of para-hydroxylation sites is 1. The van der Waals surface area contributed by atoms with Crippen LogP contribution in [0, 0.1) is 6.92 Å². The predicted octanol–water partition coefficient (Wildman–Crippen LogP) is 4.58. The van der Waals surface area contributed by atoms with Gasteiger partial charge in [0.05, 0.1) is 5.71 Å². The van der Waals surface area contributed by atoms with Crippen molar-refractivity contribution in [1.29, 1.82) is 0 Å². The Morgan fingerprint density at radius 1 is 0.926 bits per heavy atom. The molecule has 4 heteroatoms. The van der Waals surface area contributed by atoms with Crippen LogP contribution in [-0.2, 0) is 4.79 Å². The molecule has 3 aromatic carbocycles. The third-order valence-electron chi connectivity index (χ3n) is 4.15. The number of benzene rings is 3. The summed E-state index contributed by atoms with van der Waals surface area (Å²) in [7, 11) is 0. The summed E-state index contributed by atoms with van der Waals surface area (Å²) in [6, 6.07) is 25.6. The van der Waals surface area contributed by atoms with E-state index in [0.29, 0.717) is 5.75 Å². The van der Waals surface area contributed by atoms with Crippen LogP contribution in [0.15, 0.2) is 84.0 Å². The van der Waals surface area contributed by atoms with Crippen molar-refractivity contribution in [2.45, 2.75) is 13.8 Å². The van der Waals surface area contributed by atoms with Crippen molar-refractivity contribution >= 4 is 11.6 Å². The first kappa shape index (κ1) is 18.4. The number of hydrogen-bond acceptors (Lipinski definition) is 3. The smallest absolute Gasteiger partial charge is 0.277 e. The van der Waals surface area contributed by atoms with Gasteiger partial charge >= 0.3 is 0 Å². The number of ether oxygens (including phenoxy) is 1. The monoisotopic (exact) mass is 358 g/mol. The molecular weight excluding hydrogens is 336 g/mol. The Bertz CT molecular complexity index is 932. The zero-order chi connectivity index (χ0) is 19.1. The fourth-order valence-electron chi connectivity index (χ4n) is 2.63. The molecule has 1 amide bonds. The maximum absolute atomic E-state index is 12.1. The van der Waals surface area contributed by atoms with Crippen molar-refractivity contribution in [3.63, 3.8) is 0 Å². The van der Waals surface area contributed by atoms with Crippen LogP contribution in [0.25, 0.3) is 11.1 Å². The lowest BCUT2D eigenvalue weighted by atomic mass is 10.1. The van der Waals surface area contributed by atoms with E-state index in [9.17, 15) is 4.79 Å². The van der Waals surface area contributed by atoms with E-state index >= 15 is 0 Å². The van der Waals surface area contributed by atoms with Crippen LogP contribution in [-0.4, -0.2) is 18.2 Å². The molecule has 27 heavy (non-hydrogen) atoms. The summed E-state index contributed by atoms with van der Waals surface area (Å²) in [6.45, 7) is 3.79. The van der Waals surface area contributed by atoms with Crippen LogP contribution < -0.4 is 10.2 Å². The summed E-state index contributed by atoms with van der Waals surface area (Å²) in [6.07, 6.45) is 0. The van der Waals surface area contributed by atoms with Gasteiger partial charge < -0.3 is 4.74 Å². The SMILES string of the molecule is C/C(=N\NC(=O)COc1ccccc1-c1ccccc1)c1ccc(C)cc1. The van der Waals surface area contributed by atoms with Crippen LogP contribution in [0.2, 0.25) is 0 Å². The molecule has 0 unspecified atom stereocenters. The second kappa shape index (κ2) is 8.81. The fraction of sp³-hybridized carbons (Fsp3) is 0.130. The van der Waals surface area contributed by atoms with Gasteiger partial charge in [-0.3, -0.25) is 4.79 Å². The Labute approximate surface area is 159 Å². The summed E-state index contributed by atoms with van der Waals surface area (Å²) < 4.78 is 5.73. The molecule has 4 nitrogen and oxygen atoms in total. The number of hydrazone groups is 1. The van der Waals surface area contributed by atoms with Gasteiger partial charge in [-0.2, -0.15) is 5.10 Å². The Morgan fingerprint density at radius 2 is 1.59 bits per heavy atom. The van der Waals surface area contributed by atoms with Crippen molar-refractivity contribution in [3.05, 3.63) is 90.0 Å². The standard InChI is InChI=1S/C23H22N2O2/c1-17-12-14-19(15-13-17)18(2)24-25-23(26)16-27-22-11-7-6-10-21(22)20-8-4-3-5-9-20/h3-15H,16H2,1-2H3,(H,25,26)/b24-18+. The predicted molar refractivity (Wildman–Crippen MR) is 109 cm³/mol. The molecule has 0 heterocycles. The highest BCUT2D eigenvalue weighted by molar-refractivity contribution is 5.99. The minimum atomic E-state index is -0.302. The molecule has 136 valence electrons. The van der Waals surface area contributed by atoms with Crippen LogP contribution in [0.3, 0.4) is 0 Å². The molecule has 0 aliphatic heterocycles.